The lowest BCUT2D eigenvalue weighted by atomic mass is 9.80. The Bertz CT molecular complexity index is 1090. The predicted octanol–water partition coefficient (Wildman–Crippen LogP) is 4.17. The van der Waals surface area contributed by atoms with E-state index in [0.717, 1.165) is 38.5 Å². The van der Waals surface area contributed by atoms with Crippen molar-refractivity contribution < 1.29 is 38.7 Å². The molecule has 2 saturated heterocycles. The molecule has 2 N–H and O–H groups in total. The first-order chi connectivity index (χ1) is 20.3. The Kier molecular flexibility index (Phi) is 10.7. The summed E-state index contributed by atoms with van der Waals surface area (Å²) in [5.74, 6) is -0.799. The van der Waals surface area contributed by atoms with Crippen molar-refractivity contribution in [3.05, 3.63) is 35.4 Å². The summed E-state index contributed by atoms with van der Waals surface area (Å²) in [5, 5.41) is 21.0. The highest BCUT2D eigenvalue weighted by atomic mass is 16.5. The van der Waals surface area contributed by atoms with Crippen molar-refractivity contribution in [3.63, 3.8) is 0 Å². The zero-order valence-electron chi connectivity index (χ0n) is 25.2. The summed E-state index contributed by atoms with van der Waals surface area (Å²) in [5.41, 5.74) is 1.43. The lowest BCUT2D eigenvalue weighted by Crippen LogP contribution is -2.49. The third kappa shape index (κ3) is 6.97. The van der Waals surface area contributed by atoms with Gasteiger partial charge in [-0.15, -0.1) is 0 Å². The summed E-state index contributed by atoms with van der Waals surface area (Å²) in [6, 6.07) is 6.79. The highest BCUT2D eigenvalue weighted by Gasteiger charge is 2.39. The number of rotatable bonds is 11. The first-order valence-electron chi connectivity index (χ1n) is 14.8. The molecule has 0 aliphatic carbocycles. The van der Waals surface area contributed by atoms with Crippen molar-refractivity contribution in [2.24, 2.45) is 11.8 Å². The molecule has 2 atom stereocenters. The predicted molar refractivity (Wildman–Crippen MR) is 158 cm³/mol. The fraction of sp³-hybridized carbons (Fsp3) is 0.562. The number of aromatic hydroxyl groups is 2. The molecule has 0 spiro atoms. The fourth-order valence-electron chi connectivity index (χ4n) is 6.14. The van der Waals surface area contributed by atoms with E-state index in [1.54, 1.807) is 24.3 Å². The third-order valence-corrected chi connectivity index (χ3v) is 8.45. The number of phenols is 2. The molecule has 2 aliphatic rings. The van der Waals surface area contributed by atoms with Crippen molar-refractivity contribution in [2.45, 2.75) is 51.4 Å². The van der Waals surface area contributed by atoms with E-state index >= 15 is 0 Å². The van der Waals surface area contributed by atoms with Crippen molar-refractivity contribution in [3.8, 4) is 34.5 Å². The SMILES string of the molecule is COc1cc(C[C@H](C(=O)N2CCCCC2)[C@@H](Cc2cc(OC)c(O)c(OC)c2)C(=O)N2CCCCC2)cc(OC)c1O. The van der Waals surface area contributed by atoms with Crippen molar-refractivity contribution in [1.29, 1.82) is 0 Å². The van der Waals surface area contributed by atoms with Gasteiger partial charge in [0.2, 0.25) is 23.3 Å². The number of hydrogen-bond donors (Lipinski definition) is 2. The Morgan fingerprint density at radius 1 is 0.595 bits per heavy atom. The van der Waals surface area contributed by atoms with Crippen molar-refractivity contribution in [1.82, 2.24) is 9.80 Å². The molecule has 4 rings (SSSR count). The van der Waals surface area contributed by atoms with Gasteiger partial charge >= 0.3 is 0 Å². The minimum absolute atomic E-state index is 0.0613. The van der Waals surface area contributed by atoms with E-state index in [-0.39, 0.29) is 59.2 Å². The minimum Gasteiger partial charge on any atom is -0.502 e. The Morgan fingerprint density at radius 2 is 0.881 bits per heavy atom. The summed E-state index contributed by atoms with van der Waals surface area (Å²) >= 11 is 0. The van der Waals surface area contributed by atoms with Crippen LogP contribution in [-0.4, -0.2) is 86.4 Å². The average molecular weight is 585 g/mol. The molecule has 0 saturated carbocycles. The van der Waals surface area contributed by atoms with Crippen LogP contribution in [0.2, 0.25) is 0 Å². The normalized spacial score (nSPS) is 16.9. The van der Waals surface area contributed by atoms with Gasteiger partial charge in [0.25, 0.3) is 0 Å². The topological polar surface area (TPSA) is 118 Å². The molecular formula is C32H44N2O8. The second-order valence-corrected chi connectivity index (χ2v) is 11.1. The Morgan fingerprint density at radius 3 is 1.14 bits per heavy atom. The second-order valence-electron chi connectivity index (χ2n) is 11.1. The number of phenolic OH excluding ortho intramolecular Hbond substituents is 2. The van der Waals surface area contributed by atoms with Crippen LogP contribution in [-0.2, 0) is 22.4 Å². The lowest BCUT2D eigenvalue weighted by molar-refractivity contribution is -0.147. The number of hydrogen-bond acceptors (Lipinski definition) is 8. The molecule has 230 valence electrons. The van der Waals surface area contributed by atoms with Gasteiger partial charge in [-0.2, -0.15) is 0 Å². The number of ether oxygens (including phenoxy) is 4. The molecule has 2 fully saturated rings. The number of carbonyl (C=O) groups excluding carboxylic acids is 2. The van der Waals surface area contributed by atoms with Crippen LogP contribution in [0, 0.1) is 11.8 Å². The fourth-order valence-corrected chi connectivity index (χ4v) is 6.14. The maximum Gasteiger partial charge on any atom is 0.226 e. The summed E-state index contributed by atoms with van der Waals surface area (Å²) in [6.45, 7) is 2.62. The zero-order chi connectivity index (χ0) is 30.2. The van der Waals surface area contributed by atoms with Crippen LogP contribution < -0.4 is 18.9 Å². The van der Waals surface area contributed by atoms with E-state index in [1.165, 1.54) is 28.4 Å². The second kappa shape index (κ2) is 14.4. The van der Waals surface area contributed by atoms with Gasteiger partial charge in [-0.05, 0) is 86.8 Å². The maximum absolute atomic E-state index is 14.4. The first-order valence-corrected chi connectivity index (χ1v) is 14.8. The summed E-state index contributed by atoms with van der Waals surface area (Å²) in [6.07, 6.45) is 6.35. The number of benzene rings is 2. The van der Waals surface area contributed by atoms with E-state index in [0.29, 0.717) is 37.3 Å². The van der Waals surface area contributed by atoms with Crippen LogP contribution in [0.5, 0.6) is 34.5 Å². The molecule has 0 unspecified atom stereocenters. The molecule has 2 heterocycles. The average Bonchev–Trinajstić information content (AvgIpc) is 3.03. The van der Waals surface area contributed by atoms with E-state index in [2.05, 4.69) is 0 Å². The number of nitrogens with zero attached hydrogens (tertiary/aromatic N) is 2. The van der Waals surface area contributed by atoms with Gasteiger partial charge in [0.1, 0.15) is 0 Å². The monoisotopic (exact) mass is 584 g/mol. The number of piperidine rings is 2. The zero-order valence-corrected chi connectivity index (χ0v) is 25.2. The molecule has 10 nitrogen and oxygen atoms in total. The maximum atomic E-state index is 14.4. The smallest absolute Gasteiger partial charge is 0.226 e. The summed E-state index contributed by atoms with van der Waals surface area (Å²) < 4.78 is 21.6. The van der Waals surface area contributed by atoms with E-state index < -0.39 is 11.8 Å². The molecule has 2 amide bonds. The molecule has 0 radical (unpaired) electrons. The molecule has 2 aromatic carbocycles. The van der Waals surface area contributed by atoms with Gasteiger partial charge in [-0.3, -0.25) is 9.59 Å². The van der Waals surface area contributed by atoms with E-state index in [4.69, 9.17) is 18.9 Å². The van der Waals surface area contributed by atoms with Crippen LogP contribution in [0.4, 0.5) is 0 Å². The number of likely N-dealkylation sites (tertiary alicyclic amines) is 2. The van der Waals surface area contributed by atoms with Crippen molar-refractivity contribution >= 4 is 11.8 Å². The lowest BCUT2D eigenvalue weighted by Gasteiger charge is -2.37. The largest absolute Gasteiger partial charge is 0.502 e. The molecule has 2 aliphatic heterocycles. The molecule has 0 bridgehead atoms. The van der Waals surface area contributed by atoms with Crippen LogP contribution in [0.25, 0.3) is 0 Å². The number of methoxy groups -OCH3 is 4. The Balaban J connectivity index is 1.80. The van der Waals surface area contributed by atoms with Gasteiger partial charge in [-0.25, -0.2) is 0 Å². The minimum atomic E-state index is -0.692. The van der Waals surface area contributed by atoms with Gasteiger partial charge < -0.3 is 39.0 Å². The molecular weight excluding hydrogens is 540 g/mol. The quantitative estimate of drug-likeness (QED) is 0.404. The third-order valence-electron chi connectivity index (χ3n) is 8.45. The molecule has 0 aromatic heterocycles. The van der Waals surface area contributed by atoms with E-state index in [9.17, 15) is 19.8 Å². The number of carbonyl (C=O) groups is 2. The Labute approximate surface area is 248 Å². The Hall–Kier alpha value is -3.82. The summed E-state index contributed by atoms with van der Waals surface area (Å²) in [7, 11) is 5.84. The van der Waals surface area contributed by atoms with Crippen LogP contribution in [0.3, 0.4) is 0 Å². The van der Waals surface area contributed by atoms with Crippen LogP contribution in [0.1, 0.15) is 49.7 Å². The van der Waals surface area contributed by atoms with Gasteiger partial charge in [-0.1, -0.05) is 0 Å². The van der Waals surface area contributed by atoms with Crippen molar-refractivity contribution in [2.75, 3.05) is 54.6 Å². The first kappa shape index (κ1) is 31.1. The van der Waals surface area contributed by atoms with Gasteiger partial charge in [0, 0.05) is 26.2 Å². The molecule has 42 heavy (non-hydrogen) atoms. The van der Waals surface area contributed by atoms with Gasteiger partial charge in [0.15, 0.2) is 23.0 Å². The standard InChI is InChI=1S/C32H44N2O8/c1-39-25-17-21(18-26(40-2)29(25)35)15-23(31(37)33-11-7-5-8-12-33)24(32(38)34-13-9-6-10-14-34)16-22-19-27(41-3)30(36)28(20-22)42-4/h17-20,23-24,35-36H,5-16H2,1-4H3/t23-,24+. The summed E-state index contributed by atoms with van der Waals surface area (Å²) in [4.78, 5) is 32.5. The highest BCUT2D eigenvalue weighted by molar-refractivity contribution is 5.88. The van der Waals surface area contributed by atoms with Gasteiger partial charge in [0.05, 0.1) is 40.3 Å². The molecule has 10 heteroatoms. The van der Waals surface area contributed by atoms with Crippen LogP contribution >= 0.6 is 0 Å². The van der Waals surface area contributed by atoms with Crippen LogP contribution in [0.15, 0.2) is 24.3 Å². The highest BCUT2D eigenvalue weighted by Crippen LogP contribution is 2.41. The molecule has 2 aromatic rings. The van der Waals surface area contributed by atoms with E-state index in [1.807, 2.05) is 9.80 Å². The number of amides is 2.